The number of nitrogens with two attached hydrogens (primary N) is 1. The molecule has 2 heteroatoms. The van der Waals surface area contributed by atoms with Crippen LogP contribution < -0.4 is 5.73 Å². The summed E-state index contributed by atoms with van der Waals surface area (Å²) in [6.07, 6.45) is 7.41. The van der Waals surface area contributed by atoms with E-state index in [1.807, 2.05) is 12.2 Å². The van der Waals surface area contributed by atoms with Crippen LogP contribution in [0, 0.1) is 0 Å². The largest absolute Gasteiger partial charge is 0.327 e. The second-order valence-electron chi connectivity index (χ2n) is 3.28. The minimum Gasteiger partial charge on any atom is -0.327 e. The van der Waals surface area contributed by atoms with Crippen LogP contribution in [0.25, 0.3) is 0 Å². The van der Waals surface area contributed by atoms with E-state index < -0.39 is 0 Å². The van der Waals surface area contributed by atoms with Crippen LogP contribution in [0.1, 0.15) is 11.1 Å². The summed E-state index contributed by atoms with van der Waals surface area (Å²) in [6.45, 7) is 11.4. The molecule has 0 bridgehead atoms. The van der Waals surface area contributed by atoms with Crippen molar-refractivity contribution in [1.82, 2.24) is 0 Å². The number of allylic oxidation sites excluding steroid dienone is 2. The summed E-state index contributed by atoms with van der Waals surface area (Å²) in [7, 11) is 0. The van der Waals surface area contributed by atoms with Gasteiger partial charge in [0.2, 0.25) is 0 Å². The third-order valence-corrected chi connectivity index (χ3v) is 2.01. The van der Waals surface area contributed by atoms with Gasteiger partial charge in [-0.1, -0.05) is 42.5 Å². The number of benzene rings is 1. The van der Waals surface area contributed by atoms with Gasteiger partial charge in [0.1, 0.15) is 0 Å². The third-order valence-electron chi connectivity index (χ3n) is 2.01. The van der Waals surface area contributed by atoms with Gasteiger partial charge in [-0.3, -0.25) is 0 Å². The number of hydrogen-bond donors (Lipinski definition) is 1. The van der Waals surface area contributed by atoms with Crippen molar-refractivity contribution >= 4 is 12.4 Å². The molecule has 0 aliphatic rings. The normalized spacial score (nSPS) is 8.06. The van der Waals surface area contributed by atoms with E-state index in [2.05, 4.69) is 44.0 Å². The topological polar surface area (TPSA) is 26.0 Å². The van der Waals surface area contributed by atoms with Gasteiger partial charge in [0.25, 0.3) is 0 Å². The standard InChI is InChI=1S/C12H14.C3H7N.ClH/c1-3-7-11-9-5-6-10-12(11)8-4-2;1-2-3-4;/h3-6,9-10H,1-2,7-8H2;2H,1,3-4H2;1H. The van der Waals surface area contributed by atoms with E-state index in [0.29, 0.717) is 6.54 Å². The van der Waals surface area contributed by atoms with Gasteiger partial charge < -0.3 is 5.73 Å². The summed E-state index contributed by atoms with van der Waals surface area (Å²) in [6, 6.07) is 8.40. The van der Waals surface area contributed by atoms with Crippen LogP contribution in [0.4, 0.5) is 0 Å². The first kappa shape index (κ1) is 18.1. The molecule has 1 rings (SSSR count). The second kappa shape index (κ2) is 12.8. The minimum atomic E-state index is 0. The fourth-order valence-electron chi connectivity index (χ4n) is 1.27. The maximum absolute atomic E-state index is 4.91. The molecule has 0 atom stereocenters. The van der Waals surface area contributed by atoms with E-state index in [9.17, 15) is 0 Å². The van der Waals surface area contributed by atoms with Crippen LogP contribution in [-0.4, -0.2) is 6.54 Å². The molecular weight excluding hydrogens is 230 g/mol. The molecule has 0 amide bonds. The Balaban J connectivity index is 0. The van der Waals surface area contributed by atoms with E-state index in [0.717, 1.165) is 12.8 Å². The van der Waals surface area contributed by atoms with Crippen molar-refractivity contribution in [1.29, 1.82) is 0 Å². The van der Waals surface area contributed by atoms with Crippen LogP contribution in [-0.2, 0) is 12.8 Å². The van der Waals surface area contributed by atoms with Crippen LogP contribution in [0.15, 0.2) is 62.2 Å². The lowest BCUT2D eigenvalue weighted by Gasteiger charge is -2.03. The molecule has 0 aromatic heterocycles. The molecule has 0 saturated heterocycles. The van der Waals surface area contributed by atoms with Crippen molar-refractivity contribution in [3.8, 4) is 0 Å². The van der Waals surface area contributed by atoms with E-state index in [1.54, 1.807) is 6.08 Å². The first-order valence-corrected chi connectivity index (χ1v) is 5.39. The Morgan fingerprint density at radius 1 is 0.882 bits per heavy atom. The Morgan fingerprint density at radius 3 is 1.47 bits per heavy atom. The Labute approximate surface area is 111 Å². The van der Waals surface area contributed by atoms with E-state index in [4.69, 9.17) is 5.73 Å². The van der Waals surface area contributed by atoms with Crippen LogP contribution in [0.5, 0.6) is 0 Å². The summed E-state index contributed by atoms with van der Waals surface area (Å²) < 4.78 is 0. The van der Waals surface area contributed by atoms with Crippen LogP contribution >= 0.6 is 12.4 Å². The van der Waals surface area contributed by atoms with Crippen LogP contribution in [0.2, 0.25) is 0 Å². The summed E-state index contributed by atoms with van der Waals surface area (Å²) in [5.74, 6) is 0. The predicted molar refractivity (Wildman–Crippen MR) is 80.7 cm³/mol. The lowest BCUT2D eigenvalue weighted by molar-refractivity contribution is 1.15. The van der Waals surface area contributed by atoms with E-state index >= 15 is 0 Å². The van der Waals surface area contributed by atoms with Gasteiger partial charge in [0, 0.05) is 6.54 Å². The highest BCUT2D eigenvalue weighted by Crippen LogP contribution is 2.10. The molecule has 1 nitrogen and oxygen atoms in total. The molecular formula is C15H22ClN. The molecule has 0 aliphatic heterocycles. The third kappa shape index (κ3) is 8.49. The van der Waals surface area contributed by atoms with Gasteiger partial charge in [-0.15, -0.1) is 32.1 Å². The highest BCUT2D eigenvalue weighted by atomic mass is 35.5. The van der Waals surface area contributed by atoms with Gasteiger partial charge in [0.15, 0.2) is 0 Å². The SMILES string of the molecule is C=CCN.C=CCc1ccccc1CC=C.Cl. The maximum atomic E-state index is 4.91. The predicted octanol–water partition coefficient (Wildman–Crippen LogP) is 3.70. The molecule has 17 heavy (non-hydrogen) atoms. The quantitative estimate of drug-likeness (QED) is 0.794. The fourth-order valence-corrected chi connectivity index (χ4v) is 1.27. The molecule has 0 heterocycles. The van der Waals surface area contributed by atoms with Crippen molar-refractivity contribution in [3.63, 3.8) is 0 Å². The molecule has 1 aromatic carbocycles. The number of halogens is 1. The Bertz CT molecular complexity index is 302. The zero-order valence-corrected chi connectivity index (χ0v) is 11.1. The molecule has 0 fully saturated rings. The van der Waals surface area contributed by atoms with Crippen molar-refractivity contribution in [2.24, 2.45) is 5.73 Å². The summed E-state index contributed by atoms with van der Waals surface area (Å²) in [4.78, 5) is 0. The highest BCUT2D eigenvalue weighted by Gasteiger charge is 1.96. The molecule has 94 valence electrons. The zero-order valence-electron chi connectivity index (χ0n) is 10.3. The van der Waals surface area contributed by atoms with E-state index in [1.165, 1.54) is 11.1 Å². The van der Waals surface area contributed by atoms with Gasteiger partial charge in [-0.2, -0.15) is 0 Å². The first-order chi connectivity index (χ1) is 7.79. The first-order valence-electron chi connectivity index (χ1n) is 5.39. The van der Waals surface area contributed by atoms with Gasteiger partial charge in [-0.05, 0) is 24.0 Å². The summed E-state index contributed by atoms with van der Waals surface area (Å²) in [5.41, 5.74) is 7.62. The van der Waals surface area contributed by atoms with Gasteiger partial charge >= 0.3 is 0 Å². The van der Waals surface area contributed by atoms with Gasteiger partial charge in [-0.25, -0.2) is 0 Å². The lowest BCUT2D eigenvalue weighted by Crippen LogP contribution is -1.90. The molecule has 0 aliphatic carbocycles. The van der Waals surface area contributed by atoms with Crippen LogP contribution in [0.3, 0.4) is 0 Å². The van der Waals surface area contributed by atoms with Crippen molar-refractivity contribution in [3.05, 3.63) is 73.4 Å². The monoisotopic (exact) mass is 251 g/mol. The van der Waals surface area contributed by atoms with Gasteiger partial charge in [0.05, 0.1) is 0 Å². The Morgan fingerprint density at radius 2 is 1.24 bits per heavy atom. The van der Waals surface area contributed by atoms with Crippen molar-refractivity contribution in [2.75, 3.05) is 6.54 Å². The lowest BCUT2D eigenvalue weighted by atomic mass is 10.0. The number of hydrogen-bond acceptors (Lipinski definition) is 1. The minimum absolute atomic E-state index is 0. The van der Waals surface area contributed by atoms with E-state index in [-0.39, 0.29) is 12.4 Å². The maximum Gasteiger partial charge on any atom is 0.0104 e. The Hall–Kier alpha value is -1.31. The number of rotatable bonds is 5. The van der Waals surface area contributed by atoms with Crippen molar-refractivity contribution < 1.29 is 0 Å². The smallest absolute Gasteiger partial charge is 0.0104 e. The molecule has 0 unspecified atom stereocenters. The molecule has 2 N–H and O–H groups in total. The fraction of sp³-hybridized carbons (Fsp3) is 0.200. The zero-order chi connectivity index (χ0) is 12.2. The molecule has 0 radical (unpaired) electrons. The summed E-state index contributed by atoms with van der Waals surface area (Å²) in [5, 5.41) is 0. The Kier molecular flexibility index (Phi) is 13.6. The summed E-state index contributed by atoms with van der Waals surface area (Å²) >= 11 is 0. The second-order valence-corrected chi connectivity index (χ2v) is 3.28. The molecule has 0 saturated carbocycles. The molecule has 1 aromatic rings. The molecule has 0 spiro atoms. The average molecular weight is 252 g/mol. The average Bonchev–Trinajstić information content (AvgIpc) is 2.33. The van der Waals surface area contributed by atoms with Crippen molar-refractivity contribution in [2.45, 2.75) is 12.8 Å². The highest BCUT2D eigenvalue weighted by molar-refractivity contribution is 5.85.